The van der Waals surface area contributed by atoms with E-state index in [0.717, 1.165) is 0 Å². The van der Waals surface area contributed by atoms with Crippen molar-refractivity contribution in [3.8, 4) is 5.75 Å². The summed E-state index contributed by atoms with van der Waals surface area (Å²) in [6.07, 6.45) is 3.03. The molecule has 0 aliphatic carbocycles. The first-order valence-corrected chi connectivity index (χ1v) is 11.1. The third kappa shape index (κ3) is 8.59. The molecule has 0 saturated carbocycles. The molecule has 1 aromatic carbocycles. The number of carbonyl (C=O) groups excluding carboxylic acids is 3. The number of aromatic amines is 1. The number of phenolic OH excluding ortho intramolecular Hbond substituents is 1. The average Bonchev–Trinajstić information content (AvgIpc) is 3.34. The summed E-state index contributed by atoms with van der Waals surface area (Å²) in [4.78, 5) is 56.0. The maximum atomic E-state index is 12.9. The van der Waals surface area contributed by atoms with Crippen molar-refractivity contribution in [1.29, 1.82) is 0 Å². The summed E-state index contributed by atoms with van der Waals surface area (Å²) in [6.45, 7) is -0.857. The van der Waals surface area contributed by atoms with Gasteiger partial charge in [0.2, 0.25) is 17.7 Å². The van der Waals surface area contributed by atoms with Gasteiger partial charge >= 0.3 is 5.97 Å². The smallest absolute Gasteiger partial charge is 0.328 e. The highest BCUT2D eigenvalue weighted by molar-refractivity contribution is 7.80. The summed E-state index contributed by atoms with van der Waals surface area (Å²) in [6, 6.07) is 0.838. The second-order valence-corrected chi connectivity index (χ2v) is 8.01. The number of nitrogens with two attached hydrogens (primary N) is 1. The number of aliphatic hydroxyl groups excluding tert-OH is 1. The Morgan fingerprint density at radius 1 is 0.971 bits per heavy atom. The third-order valence-electron chi connectivity index (χ3n) is 4.95. The van der Waals surface area contributed by atoms with Crippen LogP contribution in [0.4, 0.5) is 0 Å². The van der Waals surface area contributed by atoms with Crippen LogP contribution < -0.4 is 21.7 Å². The molecule has 0 aliphatic heterocycles. The van der Waals surface area contributed by atoms with Crippen molar-refractivity contribution >= 4 is 36.3 Å². The zero-order valence-electron chi connectivity index (χ0n) is 18.5. The Morgan fingerprint density at radius 2 is 1.57 bits per heavy atom. The molecule has 0 radical (unpaired) electrons. The Labute approximate surface area is 205 Å². The minimum absolute atomic E-state index is 0.00525. The van der Waals surface area contributed by atoms with Crippen molar-refractivity contribution in [2.45, 2.75) is 37.0 Å². The average molecular weight is 509 g/mol. The normalized spacial score (nSPS) is 14.3. The van der Waals surface area contributed by atoms with Crippen molar-refractivity contribution in [1.82, 2.24) is 25.9 Å². The highest BCUT2D eigenvalue weighted by Crippen LogP contribution is 2.12. The van der Waals surface area contributed by atoms with Crippen LogP contribution >= 0.6 is 12.6 Å². The minimum Gasteiger partial charge on any atom is -0.508 e. The van der Waals surface area contributed by atoms with E-state index in [1.807, 2.05) is 0 Å². The lowest BCUT2D eigenvalue weighted by Gasteiger charge is -2.24. The van der Waals surface area contributed by atoms with Crippen molar-refractivity contribution in [2.24, 2.45) is 5.73 Å². The number of phenols is 1. The fraction of sp³-hybridized carbons (Fsp3) is 0.381. The van der Waals surface area contributed by atoms with Gasteiger partial charge in [0.1, 0.15) is 23.9 Å². The number of rotatable bonds is 13. The van der Waals surface area contributed by atoms with Gasteiger partial charge in [-0.15, -0.1) is 0 Å². The lowest BCUT2D eigenvalue weighted by atomic mass is 10.0. The largest absolute Gasteiger partial charge is 0.508 e. The monoisotopic (exact) mass is 508 g/mol. The standard InChI is InChI=1S/C21H28N6O7S/c22-14(6-12-7-23-10-24-12)18(30)27-17(9-35)20(32)25-15(5-11-1-3-13(29)4-2-11)19(31)26-16(8-28)21(33)34/h1-4,7,10,14-17,28-29,35H,5-6,8-9,22H2,(H,23,24)(H,25,32)(H,26,31)(H,27,30)(H,33,34). The number of nitrogens with zero attached hydrogens (tertiary/aromatic N) is 1. The SMILES string of the molecule is NC(Cc1cnc[nH]1)C(=O)NC(CS)C(=O)NC(Cc1ccc(O)cc1)C(=O)NC(CO)C(=O)O. The van der Waals surface area contributed by atoms with E-state index in [4.69, 9.17) is 10.8 Å². The topological polar surface area (TPSA) is 220 Å². The number of aromatic nitrogens is 2. The van der Waals surface area contributed by atoms with E-state index >= 15 is 0 Å². The molecule has 1 heterocycles. The number of nitrogens with one attached hydrogen (secondary N) is 4. The van der Waals surface area contributed by atoms with E-state index in [-0.39, 0.29) is 24.3 Å². The van der Waals surface area contributed by atoms with E-state index in [2.05, 4.69) is 38.5 Å². The van der Waals surface area contributed by atoms with Gasteiger partial charge in [-0.05, 0) is 17.7 Å². The molecule has 190 valence electrons. The Hall–Kier alpha value is -3.62. The first kappa shape index (κ1) is 27.6. The van der Waals surface area contributed by atoms with E-state index in [1.54, 1.807) is 0 Å². The molecule has 3 amide bonds. The number of hydrogen-bond donors (Lipinski definition) is 9. The first-order valence-electron chi connectivity index (χ1n) is 10.5. The van der Waals surface area contributed by atoms with Crippen molar-refractivity contribution in [2.75, 3.05) is 12.4 Å². The predicted octanol–water partition coefficient (Wildman–Crippen LogP) is -2.31. The second-order valence-electron chi connectivity index (χ2n) is 7.64. The summed E-state index contributed by atoms with van der Waals surface area (Å²) in [5, 5.41) is 34.9. The number of carbonyl (C=O) groups is 4. The molecule has 35 heavy (non-hydrogen) atoms. The molecule has 0 aliphatic rings. The van der Waals surface area contributed by atoms with Gasteiger partial charge in [-0.3, -0.25) is 14.4 Å². The van der Waals surface area contributed by atoms with E-state index in [1.165, 1.54) is 36.8 Å². The van der Waals surface area contributed by atoms with Crippen LogP contribution in [0.15, 0.2) is 36.8 Å². The highest BCUT2D eigenvalue weighted by Gasteiger charge is 2.30. The molecule has 4 atom stereocenters. The molecule has 14 heteroatoms. The van der Waals surface area contributed by atoms with Crippen molar-refractivity contribution in [3.05, 3.63) is 48.0 Å². The molecule has 13 nitrogen and oxygen atoms in total. The molecule has 2 rings (SSSR count). The lowest BCUT2D eigenvalue weighted by molar-refractivity contribution is -0.143. The van der Waals surface area contributed by atoms with Crippen LogP contribution in [0, 0.1) is 0 Å². The maximum Gasteiger partial charge on any atom is 0.328 e. The number of amides is 3. The molecule has 9 N–H and O–H groups in total. The van der Waals surface area contributed by atoms with Gasteiger partial charge < -0.3 is 42.0 Å². The molecule has 0 saturated heterocycles. The van der Waals surface area contributed by atoms with Crippen LogP contribution in [-0.4, -0.2) is 85.5 Å². The quantitative estimate of drug-likeness (QED) is 0.132. The highest BCUT2D eigenvalue weighted by atomic mass is 32.1. The summed E-state index contributed by atoms with van der Waals surface area (Å²) in [5.74, 6) is -3.82. The van der Waals surface area contributed by atoms with Gasteiger partial charge in [0, 0.05) is 30.5 Å². The van der Waals surface area contributed by atoms with Gasteiger partial charge in [0.25, 0.3) is 0 Å². The van der Waals surface area contributed by atoms with E-state index in [0.29, 0.717) is 11.3 Å². The molecule has 0 bridgehead atoms. The number of H-pyrrole nitrogens is 1. The van der Waals surface area contributed by atoms with Crippen molar-refractivity contribution < 1.29 is 34.5 Å². The van der Waals surface area contributed by atoms with E-state index in [9.17, 15) is 29.4 Å². The minimum atomic E-state index is -1.58. The predicted molar refractivity (Wildman–Crippen MR) is 126 cm³/mol. The Morgan fingerprint density at radius 3 is 2.11 bits per heavy atom. The third-order valence-corrected chi connectivity index (χ3v) is 5.32. The zero-order valence-corrected chi connectivity index (χ0v) is 19.4. The van der Waals surface area contributed by atoms with Crippen LogP contribution in [0.5, 0.6) is 5.75 Å². The van der Waals surface area contributed by atoms with E-state index < -0.39 is 54.5 Å². The number of benzene rings is 1. The molecule has 0 fully saturated rings. The Bertz CT molecular complexity index is 1000. The van der Waals surface area contributed by atoms with Gasteiger partial charge in [-0.2, -0.15) is 12.6 Å². The van der Waals surface area contributed by atoms with Crippen LogP contribution in [0.3, 0.4) is 0 Å². The summed E-state index contributed by atoms with van der Waals surface area (Å²) in [5.41, 5.74) is 7.07. The van der Waals surface area contributed by atoms with Gasteiger partial charge in [-0.1, -0.05) is 12.1 Å². The van der Waals surface area contributed by atoms with Crippen LogP contribution in [0.2, 0.25) is 0 Å². The number of carboxylic acid groups (broad SMARTS) is 1. The van der Waals surface area contributed by atoms with Gasteiger partial charge in [-0.25, -0.2) is 9.78 Å². The Kier molecular flexibility index (Phi) is 10.5. The second kappa shape index (κ2) is 13.3. The molecule has 4 unspecified atom stereocenters. The summed E-state index contributed by atoms with van der Waals surface area (Å²) < 4.78 is 0. The lowest BCUT2D eigenvalue weighted by Crippen LogP contribution is -2.58. The molecule has 2 aromatic rings. The number of aliphatic carboxylic acids is 1. The van der Waals surface area contributed by atoms with Crippen molar-refractivity contribution in [3.63, 3.8) is 0 Å². The number of imidazole rings is 1. The zero-order chi connectivity index (χ0) is 26.0. The van der Waals surface area contributed by atoms with Crippen LogP contribution in [0.1, 0.15) is 11.3 Å². The number of thiol groups is 1. The number of carboxylic acids is 1. The molecular weight excluding hydrogens is 480 g/mol. The maximum absolute atomic E-state index is 12.9. The molecular formula is C21H28N6O7S. The summed E-state index contributed by atoms with van der Waals surface area (Å²) in [7, 11) is 0. The Balaban J connectivity index is 2.11. The number of aliphatic hydroxyl groups is 1. The summed E-state index contributed by atoms with van der Waals surface area (Å²) >= 11 is 4.10. The fourth-order valence-electron chi connectivity index (χ4n) is 3.01. The number of aromatic hydroxyl groups is 1. The van der Waals surface area contributed by atoms with Gasteiger partial charge in [0.05, 0.1) is 19.0 Å². The molecule has 0 spiro atoms. The van der Waals surface area contributed by atoms with Crippen LogP contribution in [-0.2, 0) is 32.0 Å². The number of hydrogen-bond acceptors (Lipinski definition) is 9. The fourth-order valence-corrected chi connectivity index (χ4v) is 3.26. The molecule has 1 aromatic heterocycles. The first-order chi connectivity index (χ1) is 16.6. The van der Waals surface area contributed by atoms with Crippen LogP contribution in [0.25, 0.3) is 0 Å². The van der Waals surface area contributed by atoms with Gasteiger partial charge in [0.15, 0.2) is 0 Å².